The van der Waals surface area contributed by atoms with Crippen LogP contribution >= 0.6 is 0 Å². The molecule has 0 radical (unpaired) electrons. The molecule has 1 aliphatic rings. The van der Waals surface area contributed by atoms with Crippen molar-refractivity contribution in [3.8, 4) is 11.1 Å². The zero-order valence-electron chi connectivity index (χ0n) is 25.2. The molecule has 0 amide bonds. The molecule has 39 heavy (non-hydrogen) atoms. The van der Waals surface area contributed by atoms with E-state index in [2.05, 4.69) is 32.0 Å². The van der Waals surface area contributed by atoms with Crippen LogP contribution in [-0.4, -0.2) is 4.92 Å². The Bertz CT molecular complexity index is 982. The summed E-state index contributed by atoms with van der Waals surface area (Å²) in [5.41, 5.74) is 6.46. The molecule has 2 aromatic rings. The number of hydrogen-bond acceptors (Lipinski definition) is 2. The van der Waals surface area contributed by atoms with Crippen molar-refractivity contribution in [2.75, 3.05) is 0 Å². The predicted octanol–water partition coefficient (Wildman–Crippen LogP) is 12.2. The molecular weight excluding hydrogens is 478 g/mol. The number of unbranched alkanes of at least 4 members (excludes halogenated alkanes) is 19. The van der Waals surface area contributed by atoms with E-state index < -0.39 is 0 Å². The highest BCUT2D eigenvalue weighted by Crippen LogP contribution is 2.48. The molecular formula is C36H55NO2. The van der Waals surface area contributed by atoms with Gasteiger partial charge in [-0.25, -0.2) is 0 Å². The predicted molar refractivity (Wildman–Crippen MR) is 168 cm³/mol. The summed E-state index contributed by atoms with van der Waals surface area (Å²) in [7, 11) is 0. The van der Waals surface area contributed by atoms with Gasteiger partial charge in [0.05, 0.1) is 4.92 Å². The lowest BCUT2D eigenvalue weighted by atomic mass is 9.90. The van der Waals surface area contributed by atoms with E-state index in [1.54, 1.807) is 6.07 Å². The Labute approximate surface area is 239 Å². The lowest BCUT2D eigenvalue weighted by molar-refractivity contribution is -0.384. The average Bonchev–Trinajstić information content (AvgIpc) is 3.23. The van der Waals surface area contributed by atoms with E-state index in [9.17, 15) is 10.1 Å². The van der Waals surface area contributed by atoms with Gasteiger partial charge in [0.15, 0.2) is 0 Å². The molecule has 0 fully saturated rings. The molecule has 0 saturated heterocycles. The third-order valence-corrected chi connectivity index (χ3v) is 8.84. The van der Waals surface area contributed by atoms with Crippen molar-refractivity contribution >= 4 is 5.69 Å². The number of nitro groups is 1. The van der Waals surface area contributed by atoms with Gasteiger partial charge in [-0.3, -0.25) is 10.1 Å². The Morgan fingerprint density at radius 2 is 1.00 bits per heavy atom. The van der Waals surface area contributed by atoms with Crippen LogP contribution in [0.5, 0.6) is 0 Å². The normalized spacial score (nSPS) is 13.9. The van der Waals surface area contributed by atoms with Crippen LogP contribution in [-0.2, 0) is 0 Å². The van der Waals surface area contributed by atoms with Gasteiger partial charge in [0, 0.05) is 18.1 Å². The first-order valence-electron chi connectivity index (χ1n) is 16.5. The van der Waals surface area contributed by atoms with E-state index in [1.165, 1.54) is 151 Å². The number of hydrogen-bond donors (Lipinski definition) is 0. The molecule has 3 rings (SSSR count). The van der Waals surface area contributed by atoms with Crippen molar-refractivity contribution in [3.05, 3.63) is 63.2 Å². The fourth-order valence-corrected chi connectivity index (χ4v) is 6.50. The van der Waals surface area contributed by atoms with Crippen molar-refractivity contribution in [2.24, 2.45) is 0 Å². The van der Waals surface area contributed by atoms with Gasteiger partial charge in [-0.2, -0.15) is 0 Å². The summed E-state index contributed by atoms with van der Waals surface area (Å²) < 4.78 is 0. The molecule has 0 saturated carbocycles. The first-order valence-corrected chi connectivity index (χ1v) is 16.5. The molecule has 0 aliphatic heterocycles. The van der Waals surface area contributed by atoms with Gasteiger partial charge in [-0.15, -0.1) is 0 Å². The zero-order chi connectivity index (χ0) is 27.7. The molecule has 1 aliphatic carbocycles. The maximum absolute atomic E-state index is 11.4. The van der Waals surface area contributed by atoms with Crippen LogP contribution in [0.4, 0.5) is 5.69 Å². The largest absolute Gasteiger partial charge is 0.269 e. The van der Waals surface area contributed by atoms with Crippen molar-refractivity contribution in [2.45, 2.75) is 155 Å². The quantitative estimate of drug-likeness (QED) is 0.0858. The Hall–Kier alpha value is -2.16. The fraction of sp³-hybridized carbons (Fsp3) is 0.667. The van der Waals surface area contributed by atoms with Crippen molar-refractivity contribution in [1.82, 2.24) is 0 Å². The number of fused-ring (bicyclic) bond motifs is 3. The van der Waals surface area contributed by atoms with Gasteiger partial charge >= 0.3 is 0 Å². The smallest absolute Gasteiger partial charge is 0.258 e. The van der Waals surface area contributed by atoms with E-state index in [1.807, 2.05) is 12.1 Å². The molecule has 1 unspecified atom stereocenters. The minimum Gasteiger partial charge on any atom is -0.258 e. The Morgan fingerprint density at radius 1 is 0.590 bits per heavy atom. The summed E-state index contributed by atoms with van der Waals surface area (Å²) >= 11 is 0. The van der Waals surface area contributed by atoms with E-state index in [0.29, 0.717) is 5.92 Å². The third kappa shape index (κ3) is 10.7. The highest BCUT2D eigenvalue weighted by atomic mass is 16.6. The van der Waals surface area contributed by atoms with Gasteiger partial charge in [-0.1, -0.05) is 159 Å². The summed E-state index contributed by atoms with van der Waals surface area (Å²) in [5.74, 6) is 0.297. The minimum atomic E-state index is -0.260. The summed E-state index contributed by atoms with van der Waals surface area (Å²) in [6.45, 7) is 4.43. The van der Waals surface area contributed by atoms with Crippen LogP contribution < -0.4 is 0 Å². The second-order valence-corrected chi connectivity index (χ2v) is 12.2. The van der Waals surface area contributed by atoms with Crippen LogP contribution in [0.25, 0.3) is 11.1 Å². The highest BCUT2D eigenvalue weighted by molar-refractivity contribution is 5.80. The summed E-state index contributed by atoms with van der Waals surface area (Å²) in [6, 6.07) is 12.1. The van der Waals surface area contributed by atoms with E-state index in [0.717, 1.165) is 12.0 Å². The Kier molecular flexibility index (Phi) is 14.7. The molecule has 216 valence electrons. The van der Waals surface area contributed by atoms with E-state index in [4.69, 9.17) is 0 Å². The van der Waals surface area contributed by atoms with Crippen LogP contribution in [0.3, 0.4) is 0 Å². The Balaban J connectivity index is 1.20. The SMILES string of the molecule is CCCCCCCCCCCCCCCCCCCCCCC1c2cc(C)ccc2-c2ccc([N+](=O)[O-])cc21. The van der Waals surface area contributed by atoms with Gasteiger partial charge in [-0.05, 0) is 41.7 Å². The number of nitrogens with zero attached hydrogens (tertiary/aromatic N) is 1. The molecule has 2 aromatic carbocycles. The van der Waals surface area contributed by atoms with Crippen LogP contribution in [0, 0.1) is 17.0 Å². The Morgan fingerprint density at radius 3 is 1.46 bits per heavy atom. The molecule has 3 heteroatoms. The van der Waals surface area contributed by atoms with Gasteiger partial charge in [0.1, 0.15) is 0 Å². The fourth-order valence-electron chi connectivity index (χ4n) is 6.50. The lowest BCUT2D eigenvalue weighted by Gasteiger charge is -2.14. The molecule has 1 atom stereocenters. The molecule has 0 bridgehead atoms. The van der Waals surface area contributed by atoms with Crippen LogP contribution in [0.15, 0.2) is 36.4 Å². The zero-order valence-corrected chi connectivity index (χ0v) is 25.2. The molecule has 3 nitrogen and oxygen atoms in total. The summed E-state index contributed by atoms with van der Waals surface area (Å²) in [5, 5.41) is 11.4. The van der Waals surface area contributed by atoms with E-state index >= 15 is 0 Å². The highest BCUT2D eigenvalue weighted by Gasteiger charge is 2.29. The van der Waals surface area contributed by atoms with Crippen molar-refractivity contribution in [3.63, 3.8) is 0 Å². The number of rotatable bonds is 22. The van der Waals surface area contributed by atoms with Crippen LogP contribution in [0.1, 0.15) is 164 Å². The first-order chi connectivity index (χ1) is 19.1. The standard InChI is InChI=1S/C36H55NO2/c1-3-4-5-6-7-8-9-10-11-12-13-14-15-16-17-18-19-20-21-22-23-32-35-28-30(2)24-26-33(35)34-27-25-31(37(38)39)29-36(32)34/h24-29,32H,3-23H2,1-2H3. The molecule has 0 spiro atoms. The summed E-state index contributed by atoms with van der Waals surface area (Å²) in [4.78, 5) is 11.1. The summed E-state index contributed by atoms with van der Waals surface area (Å²) in [6.07, 6.45) is 29.0. The maximum Gasteiger partial charge on any atom is 0.269 e. The number of non-ortho nitro benzene ring substituents is 1. The lowest BCUT2D eigenvalue weighted by Crippen LogP contribution is -1.98. The molecule has 0 heterocycles. The number of nitro benzene ring substituents is 1. The number of aryl methyl sites for hydroxylation is 1. The monoisotopic (exact) mass is 533 g/mol. The average molecular weight is 534 g/mol. The first kappa shape index (κ1) is 31.4. The minimum absolute atomic E-state index is 0.215. The molecule has 0 aromatic heterocycles. The van der Waals surface area contributed by atoms with Gasteiger partial charge < -0.3 is 0 Å². The second kappa shape index (κ2) is 18.2. The molecule has 0 N–H and O–H groups in total. The second-order valence-electron chi connectivity index (χ2n) is 12.2. The van der Waals surface area contributed by atoms with E-state index in [-0.39, 0.29) is 10.6 Å². The topological polar surface area (TPSA) is 43.1 Å². The maximum atomic E-state index is 11.4. The third-order valence-electron chi connectivity index (χ3n) is 8.84. The van der Waals surface area contributed by atoms with Crippen LogP contribution in [0.2, 0.25) is 0 Å². The number of benzene rings is 2. The van der Waals surface area contributed by atoms with Gasteiger partial charge in [0.2, 0.25) is 0 Å². The van der Waals surface area contributed by atoms with Crippen molar-refractivity contribution < 1.29 is 4.92 Å². The van der Waals surface area contributed by atoms with Gasteiger partial charge in [0.25, 0.3) is 5.69 Å². The van der Waals surface area contributed by atoms with Crippen molar-refractivity contribution in [1.29, 1.82) is 0 Å².